The molecule has 0 bridgehead atoms. The summed E-state index contributed by atoms with van der Waals surface area (Å²) in [6.45, 7) is 3.89. The number of hydrogen-bond donors (Lipinski definition) is 2. The number of rotatable bonds is 5. The van der Waals surface area contributed by atoms with Gasteiger partial charge in [0.2, 0.25) is 0 Å². The van der Waals surface area contributed by atoms with Crippen LogP contribution in [0.2, 0.25) is 0 Å². The number of ether oxygens (including phenoxy) is 1. The molecule has 3 nitrogen and oxygen atoms in total. The number of hydrogen-bond acceptors (Lipinski definition) is 3. The van der Waals surface area contributed by atoms with Gasteiger partial charge in [-0.05, 0) is 37.6 Å². The second-order valence-corrected chi connectivity index (χ2v) is 4.47. The fourth-order valence-corrected chi connectivity index (χ4v) is 1.93. The van der Waals surface area contributed by atoms with Gasteiger partial charge in [-0.2, -0.15) is 0 Å². The van der Waals surface area contributed by atoms with Crippen molar-refractivity contribution < 1.29 is 4.74 Å². The summed E-state index contributed by atoms with van der Waals surface area (Å²) in [5.74, 6) is 0. The van der Waals surface area contributed by atoms with Crippen LogP contribution in [0.15, 0.2) is 0 Å². The number of nitrogens with two attached hydrogens (primary N) is 1. The standard InChI is InChI=1S/C10H20N2O/c11-7-10(3-4-10)8-12-6-9-2-1-5-13-9/h9,12H,1-8,11H2. The van der Waals surface area contributed by atoms with Crippen LogP contribution in [0.1, 0.15) is 25.7 Å². The van der Waals surface area contributed by atoms with Gasteiger partial charge in [0.25, 0.3) is 0 Å². The van der Waals surface area contributed by atoms with E-state index >= 15 is 0 Å². The smallest absolute Gasteiger partial charge is 0.0700 e. The van der Waals surface area contributed by atoms with Gasteiger partial charge in [-0.3, -0.25) is 0 Å². The lowest BCUT2D eigenvalue weighted by molar-refractivity contribution is 0.109. The Kier molecular flexibility index (Phi) is 2.86. The normalized spacial score (nSPS) is 30.7. The third-order valence-electron chi connectivity index (χ3n) is 3.29. The average Bonchev–Trinajstić information content (AvgIpc) is 2.74. The molecule has 0 spiro atoms. The van der Waals surface area contributed by atoms with E-state index in [-0.39, 0.29) is 0 Å². The number of nitrogens with one attached hydrogen (secondary N) is 1. The van der Waals surface area contributed by atoms with E-state index in [1.54, 1.807) is 0 Å². The Morgan fingerprint density at radius 2 is 2.31 bits per heavy atom. The molecule has 1 heterocycles. The lowest BCUT2D eigenvalue weighted by Gasteiger charge is -2.15. The highest BCUT2D eigenvalue weighted by atomic mass is 16.5. The lowest BCUT2D eigenvalue weighted by Crippen LogP contribution is -2.34. The minimum atomic E-state index is 0.457. The molecule has 1 unspecified atom stereocenters. The van der Waals surface area contributed by atoms with Crippen molar-refractivity contribution in [2.24, 2.45) is 11.1 Å². The van der Waals surface area contributed by atoms with E-state index in [0.717, 1.165) is 26.2 Å². The highest BCUT2D eigenvalue weighted by Gasteiger charge is 2.40. The summed E-state index contributed by atoms with van der Waals surface area (Å²) >= 11 is 0. The third kappa shape index (κ3) is 2.42. The molecule has 1 saturated carbocycles. The Bertz CT molecular complexity index is 162. The Morgan fingerprint density at radius 1 is 1.46 bits per heavy atom. The van der Waals surface area contributed by atoms with Crippen molar-refractivity contribution in [2.75, 3.05) is 26.2 Å². The van der Waals surface area contributed by atoms with Crippen molar-refractivity contribution in [2.45, 2.75) is 31.8 Å². The first-order valence-corrected chi connectivity index (χ1v) is 5.37. The monoisotopic (exact) mass is 184 g/mol. The second-order valence-electron chi connectivity index (χ2n) is 4.47. The highest BCUT2D eigenvalue weighted by Crippen LogP contribution is 2.43. The third-order valence-corrected chi connectivity index (χ3v) is 3.29. The van der Waals surface area contributed by atoms with Crippen LogP contribution in [-0.2, 0) is 4.74 Å². The molecular formula is C10H20N2O. The molecule has 0 aromatic rings. The fourth-order valence-electron chi connectivity index (χ4n) is 1.93. The van der Waals surface area contributed by atoms with Crippen LogP contribution in [0, 0.1) is 5.41 Å². The molecule has 0 aromatic heterocycles. The second kappa shape index (κ2) is 3.95. The quantitative estimate of drug-likeness (QED) is 0.654. The van der Waals surface area contributed by atoms with Crippen LogP contribution < -0.4 is 11.1 Å². The van der Waals surface area contributed by atoms with Gasteiger partial charge in [0.15, 0.2) is 0 Å². The summed E-state index contributed by atoms with van der Waals surface area (Å²) in [4.78, 5) is 0. The van der Waals surface area contributed by atoms with Crippen molar-refractivity contribution in [3.63, 3.8) is 0 Å². The molecule has 2 fully saturated rings. The molecule has 3 N–H and O–H groups in total. The molecule has 2 aliphatic rings. The minimum absolute atomic E-state index is 0.457. The summed E-state index contributed by atoms with van der Waals surface area (Å²) in [6.07, 6.45) is 5.54. The Hall–Kier alpha value is -0.120. The molecule has 1 atom stereocenters. The van der Waals surface area contributed by atoms with Crippen LogP contribution in [0.4, 0.5) is 0 Å². The molecule has 1 aliphatic heterocycles. The molecule has 2 rings (SSSR count). The topological polar surface area (TPSA) is 47.3 Å². The summed E-state index contributed by atoms with van der Waals surface area (Å²) in [5.41, 5.74) is 6.15. The van der Waals surface area contributed by atoms with Crippen LogP contribution in [-0.4, -0.2) is 32.3 Å². The molecule has 13 heavy (non-hydrogen) atoms. The molecule has 0 aromatic carbocycles. The van der Waals surface area contributed by atoms with Gasteiger partial charge in [-0.25, -0.2) is 0 Å². The van der Waals surface area contributed by atoms with Gasteiger partial charge in [0.1, 0.15) is 0 Å². The van der Waals surface area contributed by atoms with Crippen molar-refractivity contribution >= 4 is 0 Å². The molecule has 0 radical (unpaired) electrons. The Morgan fingerprint density at radius 3 is 2.85 bits per heavy atom. The predicted molar refractivity (Wildman–Crippen MR) is 52.6 cm³/mol. The zero-order chi connectivity index (χ0) is 9.15. The van der Waals surface area contributed by atoms with Gasteiger partial charge in [-0.15, -0.1) is 0 Å². The van der Waals surface area contributed by atoms with Crippen LogP contribution in [0.25, 0.3) is 0 Å². The zero-order valence-corrected chi connectivity index (χ0v) is 8.22. The SMILES string of the molecule is NCC1(CNCC2CCCO2)CC1. The maximum absolute atomic E-state index is 5.69. The Labute approximate surface area is 80.0 Å². The van der Waals surface area contributed by atoms with E-state index in [1.165, 1.54) is 25.7 Å². The van der Waals surface area contributed by atoms with Crippen LogP contribution >= 0.6 is 0 Å². The first-order valence-electron chi connectivity index (χ1n) is 5.37. The molecule has 76 valence electrons. The average molecular weight is 184 g/mol. The van der Waals surface area contributed by atoms with Crippen LogP contribution in [0.5, 0.6) is 0 Å². The van der Waals surface area contributed by atoms with Gasteiger partial charge in [0.05, 0.1) is 6.10 Å². The van der Waals surface area contributed by atoms with Gasteiger partial charge >= 0.3 is 0 Å². The molecule has 1 aliphatic carbocycles. The summed E-state index contributed by atoms with van der Waals surface area (Å²) < 4.78 is 5.53. The maximum atomic E-state index is 5.69. The zero-order valence-electron chi connectivity index (χ0n) is 8.22. The van der Waals surface area contributed by atoms with E-state index in [1.807, 2.05) is 0 Å². The van der Waals surface area contributed by atoms with Crippen molar-refractivity contribution in [3.05, 3.63) is 0 Å². The summed E-state index contributed by atoms with van der Waals surface area (Å²) in [7, 11) is 0. The van der Waals surface area contributed by atoms with Gasteiger partial charge in [-0.1, -0.05) is 0 Å². The molecule has 1 saturated heterocycles. The first kappa shape index (κ1) is 9.44. The van der Waals surface area contributed by atoms with E-state index in [4.69, 9.17) is 10.5 Å². The van der Waals surface area contributed by atoms with Crippen LogP contribution in [0.3, 0.4) is 0 Å². The molecule has 3 heteroatoms. The fraction of sp³-hybridized carbons (Fsp3) is 1.00. The van der Waals surface area contributed by atoms with Crippen molar-refractivity contribution in [1.29, 1.82) is 0 Å². The largest absolute Gasteiger partial charge is 0.377 e. The molecular weight excluding hydrogens is 164 g/mol. The van der Waals surface area contributed by atoms with E-state index in [2.05, 4.69) is 5.32 Å². The van der Waals surface area contributed by atoms with E-state index in [9.17, 15) is 0 Å². The van der Waals surface area contributed by atoms with E-state index in [0.29, 0.717) is 11.5 Å². The summed E-state index contributed by atoms with van der Waals surface area (Å²) in [5, 5.41) is 3.48. The van der Waals surface area contributed by atoms with E-state index < -0.39 is 0 Å². The van der Waals surface area contributed by atoms with Crippen molar-refractivity contribution in [3.8, 4) is 0 Å². The lowest BCUT2D eigenvalue weighted by atomic mass is 10.1. The Balaban J connectivity index is 1.58. The molecule has 0 amide bonds. The highest BCUT2D eigenvalue weighted by molar-refractivity contribution is 4.95. The minimum Gasteiger partial charge on any atom is -0.377 e. The predicted octanol–water partition coefficient (Wildman–Crippen LogP) is 0.494. The van der Waals surface area contributed by atoms with Gasteiger partial charge in [0, 0.05) is 19.7 Å². The summed E-state index contributed by atoms with van der Waals surface area (Å²) in [6, 6.07) is 0. The van der Waals surface area contributed by atoms with Crippen molar-refractivity contribution in [1.82, 2.24) is 5.32 Å². The first-order chi connectivity index (χ1) is 6.35. The maximum Gasteiger partial charge on any atom is 0.0700 e. The van der Waals surface area contributed by atoms with Gasteiger partial charge < -0.3 is 15.8 Å².